The minimum absolute atomic E-state index is 0.0352. The third-order valence-electron chi connectivity index (χ3n) is 3.83. The van der Waals surface area contributed by atoms with Gasteiger partial charge in [0.05, 0.1) is 15.5 Å². The summed E-state index contributed by atoms with van der Waals surface area (Å²) in [5.41, 5.74) is 2.19. The van der Waals surface area contributed by atoms with Crippen molar-refractivity contribution < 1.29 is 19.2 Å². The lowest BCUT2D eigenvalue weighted by Gasteiger charge is -2.13. The Labute approximate surface area is 149 Å². The van der Waals surface area contributed by atoms with Gasteiger partial charge in [0.25, 0.3) is 5.69 Å². The number of halogens is 1. The molecule has 7 heteroatoms. The van der Waals surface area contributed by atoms with Crippen LogP contribution in [0.25, 0.3) is 0 Å². The van der Waals surface area contributed by atoms with Gasteiger partial charge in [-0.15, -0.1) is 0 Å². The van der Waals surface area contributed by atoms with Gasteiger partial charge in [0.2, 0.25) is 5.78 Å². The normalized spacial score (nSPS) is 11.7. The number of Topliss-reactive ketones (excluding diaryl/α,β-unsaturated/α-hetero) is 1. The molecule has 0 aromatic heterocycles. The predicted octanol–water partition coefficient (Wildman–Crippen LogP) is 4.29. The lowest BCUT2D eigenvalue weighted by atomic mass is 10.0. The Morgan fingerprint density at radius 3 is 2.36 bits per heavy atom. The number of esters is 1. The van der Waals surface area contributed by atoms with Gasteiger partial charge in [0, 0.05) is 17.7 Å². The number of carbonyl (C=O) groups excluding carboxylic acids is 2. The zero-order chi connectivity index (χ0) is 18.7. The van der Waals surface area contributed by atoms with Crippen LogP contribution in [0.1, 0.15) is 38.8 Å². The molecular formula is C18H16ClNO5. The fourth-order valence-electron chi connectivity index (χ4n) is 2.19. The molecule has 0 radical (unpaired) electrons. The summed E-state index contributed by atoms with van der Waals surface area (Å²) in [7, 11) is 0. The number of hydrogen-bond donors (Lipinski definition) is 0. The highest BCUT2D eigenvalue weighted by molar-refractivity contribution is 6.33. The van der Waals surface area contributed by atoms with Crippen LogP contribution in [0.5, 0.6) is 0 Å². The highest BCUT2D eigenvalue weighted by Gasteiger charge is 2.23. The molecule has 0 saturated carbocycles. The number of benzene rings is 2. The van der Waals surface area contributed by atoms with Gasteiger partial charge in [-0.3, -0.25) is 14.9 Å². The lowest BCUT2D eigenvalue weighted by Crippen LogP contribution is -2.24. The summed E-state index contributed by atoms with van der Waals surface area (Å²) >= 11 is 5.90. The first kappa shape index (κ1) is 18.6. The van der Waals surface area contributed by atoms with Crippen molar-refractivity contribution in [2.75, 3.05) is 0 Å². The van der Waals surface area contributed by atoms with Crippen molar-refractivity contribution in [2.24, 2.45) is 0 Å². The van der Waals surface area contributed by atoms with Crippen molar-refractivity contribution >= 4 is 29.0 Å². The molecule has 0 aliphatic rings. The number of aryl methyl sites for hydroxylation is 2. The van der Waals surface area contributed by atoms with Gasteiger partial charge in [-0.25, -0.2) is 4.79 Å². The van der Waals surface area contributed by atoms with Crippen LogP contribution in [0.3, 0.4) is 0 Å². The fourth-order valence-corrected chi connectivity index (χ4v) is 2.44. The van der Waals surface area contributed by atoms with Crippen LogP contribution >= 0.6 is 11.6 Å². The minimum atomic E-state index is -1.01. The Morgan fingerprint density at radius 2 is 1.80 bits per heavy atom. The summed E-state index contributed by atoms with van der Waals surface area (Å²) < 4.78 is 5.16. The summed E-state index contributed by atoms with van der Waals surface area (Å²) in [6.07, 6.45) is -1.01. The van der Waals surface area contributed by atoms with E-state index in [2.05, 4.69) is 0 Å². The Bertz CT molecular complexity index is 863. The zero-order valence-corrected chi connectivity index (χ0v) is 14.7. The molecule has 0 bridgehead atoms. The van der Waals surface area contributed by atoms with Crippen molar-refractivity contribution in [3.05, 3.63) is 73.8 Å². The number of carbonyl (C=O) groups is 2. The SMILES string of the molecule is Cc1ccc(C(=O)C(C)OC(=O)c2ccc([N+](=O)[O-])cc2Cl)cc1C. The lowest BCUT2D eigenvalue weighted by molar-refractivity contribution is -0.384. The number of nitrogens with zero attached hydrogens (tertiary/aromatic N) is 1. The highest BCUT2D eigenvalue weighted by atomic mass is 35.5. The van der Waals surface area contributed by atoms with Crippen molar-refractivity contribution in [3.8, 4) is 0 Å². The molecule has 0 aliphatic heterocycles. The van der Waals surface area contributed by atoms with E-state index >= 15 is 0 Å². The number of nitro benzene ring substituents is 1. The van der Waals surface area contributed by atoms with E-state index in [1.165, 1.54) is 13.0 Å². The van der Waals surface area contributed by atoms with E-state index in [0.29, 0.717) is 5.56 Å². The largest absolute Gasteiger partial charge is 0.451 e. The summed E-state index contributed by atoms with van der Waals surface area (Å²) in [5.74, 6) is -1.15. The second-order valence-corrected chi connectivity index (χ2v) is 6.04. The van der Waals surface area contributed by atoms with Crippen molar-refractivity contribution in [1.29, 1.82) is 0 Å². The Hall–Kier alpha value is -2.73. The van der Waals surface area contributed by atoms with Crippen LogP contribution in [0.15, 0.2) is 36.4 Å². The third-order valence-corrected chi connectivity index (χ3v) is 4.14. The predicted molar refractivity (Wildman–Crippen MR) is 93.2 cm³/mol. The molecule has 2 rings (SSSR count). The number of hydrogen-bond acceptors (Lipinski definition) is 5. The number of ketones is 1. The van der Waals surface area contributed by atoms with E-state index < -0.39 is 17.0 Å². The van der Waals surface area contributed by atoms with E-state index in [9.17, 15) is 19.7 Å². The maximum absolute atomic E-state index is 12.4. The second-order valence-electron chi connectivity index (χ2n) is 5.63. The average molecular weight is 362 g/mol. The summed E-state index contributed by atoms with van der Waals surface area (Å²) in [6.45, 7) is 5.29. The molecular weight excluding hydrogens is 346 g/mol. The molecule has 0 spiro atoms. The molecule has 0 heterocycles. The number of nitro groups is 1. The van der Waals surface area contributed by atoms with Crippen molar-refractivity contribution in [1.82, 2.24) is 0 Å². The summed E-state index contributed by atoms with van der Waals surface area (Å²) in [6, 6.07) is 8.65. The highest BCUT2D eigenvalue weighted by Crippen LogP contribution is 2.24. The number of rotatable bonds is 5. The molecule has 0 amide bonds. The fraction of sp³-hybridized carbons (Fsp3) is 0.222. The monoisotopic (exact) mass is 361 g/mol. The van der Waals surface area contributed by atoms with Gasteiger partial charge in [-0.1, -0.05) is 23.7 Å². The Morgan fingerprint density at radius 1 is 1.12 bits per heavy atom. The van der Waals surface area contributed by atoms with Gasteiger partial charge < -0.3 is 4.74 Å². The number of ether oxygens (including phenoxy) is 1. The third kappa shape index (κ3) is 4.22. The van der Waals surface area contributed by atoms with Gasteiger partial charge in [-0.05, 0) is 44.0 Å². The van der Waals surface area contributed by atoms with Crippen molar-refractivity contribution in [3.63, 3.8) is 0 Å². The van der Waals surface area contributed by atoms with Gasteiger partial charge >= 0.3 is 5.97 Å². The second kappa shape index (κ2) is 7.44. The first-order valence-corrected chi connectivity index (χ1v) is 7.85. The molecule has 6 nitrogen and oxygen atoms in total. The van der Waals surface area contributed by atoms with Crippen LogP contribution in [-0.2, 0) is 4.74 Å². The van der Waals surface area contributed by atoms with Crippen LogP contribution in [0, 0.1) is 24.0 Å². The maximum atomic E-state index is 12.4. The molecule has 2 aromatic rings. The van der Waals surface area contributed by atoms with Crippen LogP contribution < -0.4 is 0 Å². The smallest absolute Gasteiger partial charge is 0.340 e. The van der Waals surface area contributed by atoms with Crippen molar-refractivity contribution in [2.45, 2.75) is 26.9 Å². The molecule has 0 N–H and O–H groups in total. The minimum Gasteiger partial charge on any atom is -0.451 e. The Kier molecular flexibility index (Phi) is 5.54. The van der Waals surface area contributed by atoms with E-state index in [-0.39, 0.29) is 22.1 Å². The zero-order valence-electron chi connectivity index (χ0n) is 13.9. The number of non-ortho nitro benzene ring substituents is 1. The van der Waals surface area contributed by atoms with Crippen LogP contribution in [-0.4, -0.2) is 22.8 Å². The van der Waals surface area contributed by atoms with E-state index in [1.807, 2.05) is 19.9 Å². The van der Waals surface area contributed by atoms with Gasteiger partial charge in [0.15, 0.2) is 6.10 Å². The standard InChI is InChI=1S/C18H16ClNO5/c1-10-4-5-13(8-11(10)2)17(21)12(3)25-18(22)15-7-6-14(20(23)24)9-16(15)19/h4-9,12H,1-3H3. The average Bonchev–Trinajstić information content (AvgIpc) is 2.56. The van der Waals surface area contributed by atoms with Gasteiger partial charge in [-0.2, -0.15) is 0 Å². The molecule has 2 aromatic carbocycles. The summed E-state index contributed by atoms with van der Waals surface area (Å²) in [4.78, 5) is 34.7. The quantitative estimate of drug-likeness (QED) is 0.343. The first-order valence-electron chi connectivity index (χ1n) is 7.47. The maximum Gasteiger partial charge on any atom is 0.340 e. The molecule has 130 valence electrons. The molecule has 1 atom stereocenters. The Balaban J connectivity index is 2.15. The van der Waals surface area contributed by atoms with Crippen LogP contribution in [0.2, 0.25) is 5.02 Å². The topological polar surface area (TPSA) is 86.5 Å². The molecule has 1 unspecified atom stereocenters. The van der Waals surface area contributed by atoms with Gasteiger partial charge in [0.1, 0.15) is 0 Å². The van der Waals surface area contributed by atoms with Crippen LogP contribution in [0.4, 0.5) is 5.69 Å². The van der Waals surface area contributed by atoms with E-state index in [0.717, 1.165) is 23.3 Å². The summed E-state index contributed by atoms with van der Waals surface area (Å²) in [5, 5.41) is 10.6. The molecule has 0 fully saturated rings. The molecule has 0 saturated heterocycles. The van der Waals surface area contributed by atoms with E-state index in [4.69, 9.17) is 16.3 Å². The molecule has 0 aliphatic carbocycles. The first-order chi connectivity index (χ1) is 11.7. The van der Waals surface area contributed by atoms with E-state index in [1.54, 1.807) is 12.1 Å². The molecule has 25 heavy (non-hydrogen) atoms.